The van der Waals surface area contributed by atoms with Gasteiger partial charge in [0, 0.05) is 5.75 Å². The van der Waals surface area contributed by atoms with Crippen molar-refractivity contribution in [1.82, 2.24) is 10.2 Å². The van der Waals surface area contributed by atoms with E-state index < -0.39 is 12.0 Å². The Bertz CT molecular complexity index is 765. The van der Waals surface area contributed by atoms with Gasteiger partial charge >= 0.3 is 5.97 Å². The van der Waals surface area contributed by atoms with Gasteiger partial charge in [-0.15, -0.1) is 11.8 Å². The van der Waals surface area contributed by atoms with Gasteiger partial charge in [-0.1, -0.05) is 25.1 Å². The van der Waals surface area contributed by atoms with Crippen molar-refractivity contribution in [3.63, 3.8) is 0 Å². The minimum absolute atomic E-state index is 0.175. The summed E-state index contributed by atoms with van der Waals surface area (Å²) >= 11 is 1.52. The van der Waals surface area contributed by atoms with Gasteiger partial charge in [-0.25, -0.2) is 4.79 Å². The number of carbonyl (C=O) groups is 3. The van der Waals surface area contributed by atoms with Crippen LogP contribution in [-0.2, 0) is 19.1 Å². The van der Waals surface area contributed by atoms with Gasteiger partial charge < -0.3 is 14.8 Å². The number of carbonyl (C=O) groups excluding carboxylic acids is 3. The van der Waals surface area contributed by atoms with E-state index in [4.69, 9.17) is 9.47 Å². The fourth-order valence-corrected chi connectivity index (χ4v) is 4.20. The molecule has 7 nitrogen and oxygen atoms in total. The lowest BCUT2D eigenvalue weighted by molar-refractivity contribution is -0.153. The first-order chi connectivity index (χ1) is 13.0. The van der Waals surface area contributed by atoms with Gasteiger partial charge in [-0.3, -0.25) is 14.5 Å². The quantitative estimate of drug-likeness (QED) is 0.563. The predicted octanol–water partition coefficient (Wildman–Crippen LogP) is 1.69. The molecule has 1 fully saturated rings. The lowest BCUT2D eigenvalue weighted by atomic mass is 10.0. The number of esters is 1. The number of ether oxygens (including phenoxy) is 2. The van der Waals surface area contributed by atoms with Crippen molar-refractivity contribution in [3.8, 4) is 5.75 Å². The summed E-state index contributed by atoms with van der Waals surface area (Å²) in [5, 5.41) is 2.40. The van der Waals surface area contributed by atoms with Crippen molar-refractivity contribution in [3.05, 3.63) is 41.6 Å². The van der Waals surface area contributed by atoms with Crippen LogP contribution >= 0.6 is 11.8 Å². The number of fused-ring (bicyclic) bond motifs is 1. The highest BCUT2D eigenvalue weighted by molar-refractivity contribution is 8.00. The average molecular weight is 390 g/mol. The Balaban J connectivity index is 1.58. The second-order valence-corrected chi connectivity index (χ2v) is 7.43. The molecule has 8 heteroatoms. The Morgan fingerprint density at radius 2 is 2.04 bits per heavy atom. The van der Waals surface area contributed by atoms with E-state index in [9.17, 15) is 14.4 Å². The van der Waals surface area contributed by atoms with Gasteiger partial charge in [0.1, 0.15) is 22.9 Å². The van der Waals surface area contributed by atoms with Crippen molar-refractivity contribution in [2.75, 3.05) is 19.0 Å². The van der Waals surface area contributed by atoms with E-state index in [1.807, 2.05) is 32.0 Å². The predicted molar refractivity (Wildman–Crippen MR) is 101 cm³/mol. The standard InChI is InChI=1S/C19H22N2O5S/c1-3-9-25-19(24)16-12(2)11-27-18-15(17(23)21(16)18)20-14(22)10-26-13-7-5-4-6-8-13/h4-8,15,18H,3,9-11H2,1-2H3,(H,20,22)/t15?,18-/m1/s1. The molecule has 2 heterocycles. The molecule has 144 valence electrons. The second kappa shape index (κ2) is 8.47. The number of amides is 2. The zero-order valence-electron chi connectivity index (χ0n) is 15.3. The summed E-state index contributed by atoms with van der Waals surface area (Å²) in [5.41, 5.74) is 1.12. The third-order valence-electron chi connectivity index (χ3n) is 4.22. The molecular formula is C19H22N2O5S. The van der Waals surface area contributed by atoms with Crippen LogP contribution < -0.4 is 10.1 Å². The number of nitrogens with zero attached hydrogens (tertiary/aromatic N) is 1. The van der Waals surface area contributed by atoms with Crippen LogP contribution in [0.4, 0.5) is 0 Å². The third-order valence-corrected chi connectivity index (χ3v) is 5.64. The molecule has 27 heavy (non-hydrogen) atoms. The van der Waals surface area contributed by atoms with Crippen LogP contribution in [0.15, 0.2) is 41.6 Å². The summed E-state index contributed by atoms with van der Waals surface area (Å²) in [4.78, 5) is 38.4. The number of hydrogen-bond acceptors (Lipinski definition) is 6. The number of rotatable bonds is 7. The van der Waals surface area contributed by atoms with Crippen molar-refractivity contribution in [2.45, 2.75) is 31.7 Å². The van der Waals surface area contributed by atoms with Crippen molar-refractivity contribution in [2.24, 2.45) is 0 Å². The zero-order valence-corrected chi connectivity index (χ0v) is 16.1. The van der Waals surface area contributed by atoms with Gasteiger partial charge in [0.2, 0.25) is 0 Å². The molecule has 1 aromatic carbocycles. The van der Waals surface area contributed by atoms with Gasteiger partial charge in [0.25, 0.3) is 11.8 Å². The topological polar surface area (TPSA) is 84.9 Å². The Kier molecular flexibility index (Phi) is 6.05. The molecule has 0 bridgehead atoms. The summed E-state index contributed by atoms with van der Waals surface area (Å²) in [6.45, 7) is 3.86. The molecule has 2 atom stereocenters. The van der Waals surface area contributed by atoms with Crippen LogP contribution in [0.5, 0.6) is 5.75 Å². The lowest BCUT2D eigenvalue weighted by Gasteiger charge is -2.49. The normalized spacial score (nSPS) is 21.3. The Labute approximate surface area is 162 Å². The smallest absolute Gasteiger partial charge is 0.355 e. The highest BCUT2D eigenvalue weighted by Gasteiger charge is 2.53. The molecule has 0 spiro atoms. The average Bonchev–Trinajstić information content (AvgIpc) is 2.69. The largest absolute Gasteiger partial charge is 0.484 e. The molecule has 0 radical (unpaired) electrons. The molecule has 3 rings (SSSR count). The first-order valence-corrected chi connectivity index (χ1v) is 9.86. The SMILES string of the molecule is CCCOC(=O)C1=C(C)CS[C@@H]2C(NC(=O)COc3ccccc3)C(=O)N12. The monoisotopic (exact) mass is 390 g/mol. The number of thioether (sulfide) groups is 1. The maximum absolute atomic E-state index is 12.6. The van der Waals surface area contributed by atoms with Crippen LogP contribution in [0.3, 0.4) is 0 Å². The maximum atomic E-state index is 12.6. The molecular weight excluding hydrogens is 368 g/mol. The van der Waals surface area contributed by atoms with E-state index in [-0.39, 0.29) is 23.8 Å². The minimum atomic E-state index is -0.663. The van der Waals surface area contributed by atoms with Crippen LogP contribution in [0.2, 0.25) is 0 Å². The highest BCUT2D eigenvalue weighted by Crippen LogP contribution is 2.40. The molecule has 2 aliphatic heterocycles. The van der Waals surface area contributed by atoms with Gasteiger partial charge in [0.05, 0.1) is 6.61 Å². The Morgan fingerprint density at radius 3 is 2.74 bits per heavy atom. The first-order valence-electron chi connectivity index (χ1n) is 8.81. The van der Waals surface area contributed by atoms with Crippen molar-refractivity contribution >= 4 is 29.5 Å². The van der Waals surface area contributed by atoms with E-state index in [1.54, 1.807) is 12.1 Å². The number of β-lactam (4-membered cyclic amide) rings is 1. The summed E-state index contributed by atoms with van der Waals surface area (Å²) < 4.78 is 10.6. The third kappa shape index (κ3) is 4.10. The summed E-state index contributed by atoms with van der Waals surface area (Å²) in [6.07, 6.45) is 0.713. The molecule has 0 aromatic heterocycles. The highest BCUT2D eigenvalue weighted by atomic mass is 32.2. The summed E-state index contributed by atoms with van der Waals surface area (Å²) in [7, 11) is 0. The summed E-state index contributed by atoms with van der Waals surface area (Å²) in [5.74, 6) is 0.0330. The van der Waals surface area contributed by atoms with Gasteiger partial charge in [-0.05, 0) is 31.1 Å². The first kappa shape index (κ1) is 19.3. The number of hydrogen-bond donors (Lipinski definition) is 1. The van der Waals surface area contributed by atoms with E-state index in [2.05, 4.69) is 5.32 Å². The molecule has 0 saturated carbocycles. The van der Waals surface area contributed by atoms with E-state index >= 15 is 0 Å². The van der Waals surface area contributed by atoms with E-state index in [1.165, 1.54) is 16.7 Å². The Hall–Kier alpha value is -2.48. The summed E-state index contributed by atoms with van der Waals surface area (Å²) in [6, 6.07) is 8.32. The van der Waals surface area contributed by atoms with Crippen LogP contribution in [0.1, 0.15) is 20.3 Å². The number of benzene rings is 1. The fraction of sp³-hybridized carbons (Fsp3) is 0.421. The maximum Gasteiger partial charge on any atom is 0.355 e. The van der Waals surface area contributed by atoms with Gasteiger partial charge in [0.15, 0.2) is 6.61 Å². The molecule has 1 unspecified atom stereocenters. The minimum Gasteiger partial charge on any atom is -0.484 e. The molecule has 2 aliphatic rings. The van der Waals surface area contributed by atoms with E-state index in [0.29, 0.717) is 30.2 Å². The molecule has 0 aliphatic carbocycles. The lowest BCUT2D eigenvalue weighted by Crippen LogP contribution is -2.70. The van der Waals surface area contributed by atoms with E-state index in [0.717, 1.165) is 5.57 Å². The molecule has 1 aromatic rings. The van der Waals surface area contributed by atoms with Crippen LogP contribution in [0, 0.1) is 0 Å². The second-order valence-electron chi connectivity index (χ2n) is 6.32. The zero-order chi connectivity index (χ0) is 19.4. The number of nitrogens with one attached hydrogen (secondary N) is 1. The van der Waals surface area contributed by atoms with Crippen molar-refractivity contribution in [1.29, 1.82) is 0 Å². The molecule has 1 saturated heterocycles. The van der Waals surface area contributed by atoms with Gasteiger partial charge in [-0.2, -0.15) is 0 Å². The number of para-hydroxylation sites is 1. The van der Waals surface area contributed by atoms with Crippen molar-refractivity contribution < 1.29 is 23.9 Å². The molecule has 2 amide bonds. The van der Waals surface area contributed by atoms with Crippen LogP contribution in [-0.4, -0.2) is 53.1 Å². The molecule has 1 N–H and O–H groups in total. The fourth-order valence-electron chi connectivity index (χ4n) is 2.91. The Morgan fingerprint density at radius 1 is 1.30 bits per heavy atom. The van der Waals surface area contributed by atoms with Crippen LogP contribution in [0.25, 0.3) is 0 Å².